The Balaban J connectivity index is 0.00000529. The predicted molar refractivity (Wildman–Crippen MR) is 111 cm³/mol. The molecule has 2 N–H and O–H groups in total. The third kappa shape index (κ3) is 8.84. The lowest BCUT2D eigenvalue weighted by molar-refractivity contribution is 0.357. The van der Waals surface area contributed by atoms with Gasteiger partial charge in [-0.1, -0.05) is 19.1 Å². The fourth-order valence-electron chi connectivity index (χ4n) is 1.97. The van der Waals surface area contributed by atoms with E-state index in [-0.39, 0.29) is 24.0 Å². The van der Waals surface area contributed by atoms with Crippen molar-refractivity contribution in [2.75, 3.05) is 46.5 Å². The Labute approximate surface area is 163 Å². The van der Waals surface area contributed by atoms with Crippen LogP contribution in [0.4, 0.5) is 0 Å². The van der Waals surface area contributed by atoms with Crippen LogP contribution in [0.3, 0.4) is 0 Å². The summed E-state index contributed by atoms with van der Waals surface area (Å²) in [6, 6.07) is 7.01. The third-order valence-electron chi connectivity index (χ3n) is 3.61. The van der Waals surface area contributed by atoms with Crippen LogP contribution >= 0.6 is 24.0 Å². The van der Waals surface area contributed by atoms with Crippen molar-refractivity contribution in [3.05, 3.63) is 29.8 Å². The number of aliphatic imine (C=N–C) groups is 1. The van der Waals surface area contributed by atoms with Gasteiger partial charge in [-0.3, -0.25) is 4.99 Å². The summed E-state index contributed by atoms with van der Waals surface area (Å²) in [6.07, 6.45) is 2.02. The van der Waals surface area contributed by atoms with Crippen LogP contribution in [0.2, 0.25) is 0 Å². The lowest BCUT2D eigenvalue weighted by atomic mass is 10.1. The molecular weight excluding hydrogens is 439 g/mol. The molecule has 0 aliphatic rings. The molecule has 24 heavy (non-hydrogen) atoms. The van der Waals surface area contributed by atoms with Crippen LogP contribution in [0.25, 0.3) is 0 Å². The van der Waals surface area contributed by atoms with Gasteiger partial charge in [-0.25, -0.2) is 8.42 Å². The molecule has 0 aromatic heterocycles. The molecule has 8 heteroatoms. The summed E-state index contributed by atoms with van der Waals surface area (Å²) in [7, 11) is 0.705. The van der Waals surface area contributed by atoms with Gasteiger partial charge < -0.3 is 15.5 Å². The van der Waals surface area contributed by atoms with Crippen molar-refractivity contribution in [3.63, 3.8) is 0 Å². The first kappa shape index (κ1) is 23.1. The molecule has 0 bridgehead atoms. The lowest BCUT2D eigenvalue weighted by Crippen LogP contribution is -2.41. The first-order valence-corrected chi connectivity index (χ1v) is 9.68. The van der Waals surface area contributed by atoms with Crippen molar-refractivity contribution in [2.45, 2.75) is 18.2 Å². The van der Waals surface area contributed by atoms with Crippen molar-refractivity contribution in [2.24, 2.45) is 4.99 Å². The highest BCUT2D eigenvalue weighted by Crippen LogP contribution is 2.10. The molecule has 0 aliphatic carbocycles. The van der Waals surface area contributed by atoms with Gasteiger partial charge in [0.05, 0.1) is 4.90 Å². The van der Waals surface area contributed by atoms with E-state index < -0.39 is 9.84 Å². The summed E-state index contributed by atoms with van der Waals surface area (Å²) in [5, 5.41) is 6.52. The van der Waals surface area contributed by atoms with Crippen molar-refractivity contribution >= 4 is 39.8 Å². The second kappa shape index (κ2) is 11.6. The van der Waals surface area contributed by atoms with E-state index in [2.05, 4.69) is 34.5 Å². The fraction of sp³-hybridized carbons (Fsp3) is 0.562. The van der Waals surface area contributed by atoms with Crippen molar-refractivity contribution in [1.82, 2.24) is 15.5 Å². The SMILES string of the molecule is CCN(C)CCNC(=NC)NCCc1ccc(S(C)(=O)=O)cc1.I. The van der Waals surface area contributed by atoms with Gasteiger partial charge in [0, 0.05) is 32.9 Å². The molecule has 0 spiro atoms. The van der Waals surface area contributed by atoms with Gasteiger partial charge in [0.2, 0.25) is 0 Å². The third-order valence-corrected chi connectivity index (χ3v) is 4.74. The molecule has 0 saturated heterocycles. The summed E-state index contributed by atoms with van der Waals surface area (Å²) in [6.45, 7) is 5.69. The monoisotopic (exact) mass is 468 g/mol. The average Bonchev–Trinajstić information content (AvgIpc) is 2.52. The van der Waals surface area contributed by atoms with Crippen LogP contribution < -0.4 is 10.6 Å². The van der Waals surface area contributed by atoms with E-state index in [1.54, 1.807) is 19.2 Å². The number of hydrogen-bond acceptors (Lipinski definition) is 4. The molecule has 0 fully saturated rings. The molecule has 0 saturated carbocycles. The average molecular weight is 468 g/mol. The first-order valence-electron chi connectivity index (χ1n) is 7.79. The van der Waals surface area contributed by atoms with Crippen molar-refractivity contribution < 1.29 is 8.42 Å². The summed E-state index contributed by atoms with van der Waals surface area (Å²) >= 11 is 0. The maximum atomic E-state index is 11.4. The Bertz CT molecular complexity index is 603. The van der Waals surface area contributed by atoms with Crippen LogP contribution in [-0.2, 0) is 16.3 Å². The van der Waals surface area contributed by atoms with Gasteiger partial charge in [-0.05, 0) is 37.7 Å². The lowest BCUT2D eigenvalue weighted by Gasteiger charge is -2.16. The van der Waals surface area contributed by atoms with E-state index in [0.717, 1.165) is 44.1 Å². The molecule has 0 heterocycles. The maximum Gasteiger partial charge on any atom is 0.191 e. The van der Waals surface area contributed by atoms with Gasteiger partial charge in [0.15, 0.2) is 15.8 Å². The van der Waals surface area contributed by atoms with Gasteiger partial charge in [-0.15, -0.1) is 24.0 Å². The summed E-state index contributed by atoms with van der Waals surface area (Å²) in [5.74, 6) is 0.780. The molecule has 0 radical (unpaired) electrons. The largest absolute Gasteiger partial charge is 0.356 e. The molecule has 138 valence electrons. The van der Waals surface area contributed by atoms with Crippen molar-refractivity contribution in [3.8, 4) is 0 Å². The Morgan fingerprint density at radius 1 is 1.17 bits per heavy atom. The molecule has 1 aromatic carbocycles. The number of rotatable bonds is 8. The molecule has 0 aliphatic heterocycles. The van der Waals surface area contributed by atoms with Crippen LogP contribution in [0.1, 0.15) is 12.5 Å². The highest BCUT2D eigenvalue weighted by molar-refractivity contribution is 14.0. The normalized spacial score (nSPS) is 12.0. The number of halogens is 1. The number of sulfone groups is 1. The molecule has 6 nitrogen and oxygen atoms in total. The van der Waals surface area contributed by atoms with Crippen molar-refractivity contribution in [1.29, 1.82) is 0 Å². The standard InChI is InChI=1S/C16H28N4O2S.HI/c1-5-20(3)13-12-19-16(17-2)18-11-10-14-6-8-15(9-7-14)23(4,21)22;/h6-9H,5,10-13H2,1-4H3,(H2,17,18,19);1H. The summed E-state index contributed by atoms with van der Waals surface area (Å²) in [5.41, 5.74) is 1.09. The number of guanidine groups is 1. The Hall–Kier alpha value is -0.870. The zero-order chi connectivity index (χ0) is 17.3. The minimum absolute atomic E-state index is 0. The Morgan fingerprint density at radius 2 is 1.75 bits per heavy atom. The molecule has 1 rings (SSSR count). The minimum Gasteiger partial charge on any atom is -0.356 e. The Kier molecular flexibility index (Phi) is 11.2. The zero-order valence-electron chi connectivity index (χ0n) is 14.9. The van der Waals surface area contributed by atoms with Crippen LogP contribution in [0, 0.1) is 0 Å². The van der Waals surface area contributed by atoms with Crippen LogP contribution in [0.5, 0.6) is 0 Å². The fourth-order valence-corrected chi connectivity index (χ4v) is 2.60. The summed E-state index contributed by atoms with van der Waals surface area (Å²) < 4.78 is 22.8. The van der Waals surface area contributed by atoms with E-state index in [4.69, 9.17) is 0 Å². The first-order chi connectivity index (χ1) is 10.9. The second-order valence-corrected chi connectivity index (χ2v) is 7.50. The number of likely N-dealkylation sites (N-methyl/N-ethyl adjacent to an activating group) is 1. The second-order valence-electron chi connectivity index (χ2n) is 5.49. The van der Waals surface area contributed by atoms with Gasteiger partial charge in [0.25, 0.3) is 0 Å². The van der Waals surface area contributed by atoms with E-state index in [0.29, 0.717) is 4.90 Å². The molecule has 1 aromatic rings. The van der Waals surface area contributed by atoms with E-state index in [1.165, 1.54) is 6.26 Å². The van der Waals surface area contributed by atoms with Crippen LogP contribution in [-0.4, -0.2) is 65.8 Å². The quantitative estimate of drug-likeness (QED) is 0.343. The zero-order valence-corrected chi connectivity index (χ0v) is 18.0. The highest BCUT2D eigenvalue weighted by atomic mass is 127. The number of nitrogens with zero attached hydrogens (tertiary/aromatic N) is 2. The molecule has 0 unspecified atom stereocenters. The van der Waals surface area contributed by atoms with Gasteiger partial charge in [0.1, 0.15) is 0 Å². The maximum absolute atomic E-state index is 11.4. The van der Waals surface area contributed by atoms with E-state index in [9.17, 15) is 8.42 Å². The number of nitrogens with one attached hydrogen (secondary N) is 2. The smallest absolute Gasteiger partial charge is 0.191 e. The number of benzene rings is 1. The van der Waals surface area contributed by atoms with E-state index in [1.807, 2.05) is 12.1 Å². The highest BCUT2D eigenvalue weighted by Gasteiger charge is 2.06. The minimum atomic E-state index is -3.13. The number of hydrogen-bond donors (Lipinski definition) is 2. The summed E-state index contributed by atoms with van der Waals surface area (Å²) in [4.78, 5) is 6.76. The van der Waals surface area contributed by atoms with Gasteiger partial charge >= 0.3 is 0 Å². The van der Waals surface area contributed by atoms with E-state index >= 15 is 0 Å². The Morgan fingerprint density at radius 3 is 2.25 bits per heavy atom. The van der Waals surface area contributed by atoms with Gasteiger partial charge in [-0.2, -0.15) is 0 Å². The molecule has 0 atom stereocenters. The molecular formula is C16H29IN4O2S. The topological polar surface area (TPSA) is 73.8 Å². The predicted octanol–water partition coefficient (Wildman–Crippen LogP) is 1.37. The van der Waals surface area contributed by atoms with Crippen LogP contribution in [0.15, 0.2) is 34.2 Å². The molecule has 0 amide bonds.